The molecule has 0 radical (unpaired) electrons. The third kappa shape index (κ3) is 3.48. The van der Waals surface area contributed by atoms with Crippen molar-refractivity contribution in [2.75, 3.05) is 11.8 Å². The van der Waals surface area contributed by atoms with E-state index in [1.165, 1.54) is 19.1 Å². The molecular weight excluding hydrogens is 280 g/mol. The minimum atomic E-state index is -0.326. The molecule has 0 aliphatic carbocycles. The first-order valence-corrected chi connectivity index (χ1v) is 7.28. The Labute approximate surface area is 120 Å². The van der Waals surface area contributed by atoms with E-state index in [2.05, 4.69) is 14.4 Å². The van der Waals surface area contributed by atoms with E-state index in [4.69, 9.17) is 0 Å². The fourth-order valence-electron chi connectivity index (χ4n) is 1.50. The average Bonchev–Trinajstić information content (AvgIpc) is 2.74. The van der Waals surface area contributed by atoms with Gasteiger partial charge in [-0.15, -0.1) is 11.3 Å². The lowest BCUT2D eigenvalue weighted by atomic mass is 10.2. The van der Waals surface area contributed by atoms with E-state index < -0.39 is 0 Å². The molecule has 0 saturated heterocycles. The second kappa shape index (κ2) is 6.08. The summed E-state index contributed by atoms with van der Waals surface area (Å²) < 4.78 is 9.03. The van der Waals surface area contributed by atoms with Crippen molar-refractivity contribution in [2.45, 2.75) is 18.1 Å². The van der Waals surface area contributed by atoms with Crippen LogP contribution in [-0.2, 0) is 4.74 Å². The van der Waals surface area contributed by atoms with Crippen molar-refractivity contribution in [3.63, 3.8) is 0 Å². The minimum absolute atomic E-state index is 0.326. The van der Waals surface area contributed by atoms with Crippen molar-refractivity contribution < 1.29 is 9.53 Å². The Hall–Kier alpha value is -1.53. The van der Waals surface area contributed by atoms with Crippen LogP contribution >= 0.6 is 23.3 Å². The van der Waals surface area contributed by atoms with Crippen molar-refractivity contribution in [1.82, 2.24) is 4.98 Å². The van der Waals surface area contributed by atoms with E-state index in [1.54, 1.807) is 23.5 Å². The van der Waals surface area contributed by atoms with Gasteiger partial charge in [-0.05, 0) is 50.1 Å². The van der Waals surface area contributed by atoms with Gasteiger partial charge in [-0.1, -0.05) is 0 Å². The maximum atomic E-state index is 11.3. The van der Waals surface area contributed by atoms with Gasteiger partial charge in [0.25, 0.3) is 0 Å². The summed E-state index contributed by atoms with van der Waals surface area (Å²) in [7, 11) is 1.37. The van der Waals surface area contributed by atoms with Crippen LogP contribution in [-0.4, -0.2) is 18.1 Å². The van der Waals surface area contributed by atoms with Crippen molar-refractivity contribution in [3.8, 4) is 0 Å². The highest BCUT2D eigenvalue weighted by atomic mass is 32.2. The molecular formula is C13H14N2O2S2. The van der Waals surface area contributed by atoms with Gasteiger partial charge in [-0.2, -0.15) is 0 Å². The number of anilines is 1. The summed E-state index contributed by atoms with van der Waals surface area (Å²) in [6.07, 6.45) is 0. The van der Waals surface area contributed by atoms with Crippen LogP contribution in [0.1, 0.15) is 21.1 Å². The van der Waals surface area contributed by atoms with E-state index in [1.807, 2.05) is 26.0 Å². The Kier molecular flexibility index (Phi) is 4.44. The van der Waals surface area contributed by atoms with Gasteiger partial charge in [0, 0.05) is 5.69 Å². The predicted octanol–water partition coefficient (Wildman–Crippen LogP) is 3.67. The molecule has 6 heteroatoms. The smallest absolute Gasteiger partial charge is 0.337 e. The van der Waals surface area contributed by atoms with Crippen LogP contribution in [0.2, 0.25) is 0 Å². The topological polar surface area (TPSA) is 51.2 Å². The number of aromatic nitrogens is 1. The predicted molar refractivity (Wildman–Crippen MR) is 78.8 cm³/mol. The van der Waals surface area contributed by atoms with Crippen molar-refractivity contribution in [3.05, 3.63) is 40.5 Å². The number of hydrogen-bond donors (Lipinski definition) is 1. The Morgan fingerprint density at radius 2 is 2.00 bits per heavy atom. The van der Waals surface area contributed by atoms with Crippen LogP contribution in [0.4, 0.5) is 5.69 Å². The zero-order valence-corrected chi connectivity index (χ0v) is 12.5. The Balaban J connectivity index is 2.00. The van der Waals surface area contributed by atoms with Crippen LogP contribution in [0.5, 0.6) is 0 Å². The maximum absolute atomic E-state index is 11.3. The SMILES string of the molecule is COC(=O)c1ccc(NSc2sc(C)nc2C)cc1. The molecule has 1 heterocycles. The molecule has 1 N–H and O–H groups in total. The summed E-state index contributed by atoms with van der Waals surface area (Å²) >= 11 is 3.19. The number of aryl methyl sites for hydroxylation is 2. The second-order valence-corrected chi connectivity index (χ2v) is 6.16. The lowest BCUT2D eigenvalue weighted by Crippen LogP contribution is -2.00. The molecule has 0 bridgehead atoms. The van der Waals surface area contributed by atoms with Gasteiger partial charge in [-0.3, -0.25) is 0 Å². The molecule has 0 spiro atoms. The van der Waals surface area contributed by atoms with E-state index in [0.29, 0.717) is 5.56 Å². The number of methoxy groups -OCH3 is 1. The molecule has 0 aliphatic heterocycles. The molecule has 4 nitrogen and oxygen atoms in total. The molecule has 2 aromatic rings. The number of thiazole rings is 1. The molecule has 0 unspecified atom stereocenters. The first-order chi connectivity index (χ1) is 9.10. The number of esters is 1. The van der Waals surface area contributed by atoms with Crippen LogP contribution < -0.4 is 4.72 Å². The van der Waals surface area contributed by atoms with Gasteiger partial charge in [0.15, 0.2) is 0 Å². The average molecular weight is 294 g/mol. The van der Waals surface area contributed by atoms with Gasteiger partial charge >= 0.3 is 5.97 Å². The summed E-state index contributed by atoms with van der Waals surface area (Å²) in [6.45, 7) is 3.99. The number of nitrogens with one attached hydrogen (secondary N) is 1. The van der Waals surface area contributed by atoms with Gasteiger partial charge in [0.1, 0.15) is 4.21 Å². The second-order valence-electron chi connectivity index (χ2n) is 3.88. The molecule has 1 aromatic heterocycles. The van der Waals surface area contributed by atoms with E-state index in [-0.39, 0.29) is 5.97 Å². The number of carbonyl (C=O) groups is 1. The van der Waals surface area contributed by atoms with E-state index in [9.17, 15) is 4.79 Å². The van der Waals surface area contributed by atoms with Crippen molar-refractivity contribution >= 4 is 34.9 Å². The third-order valence-electron chi connectivity index (χ3n) is 2.43. The Morgan fingerprint density at radius 3 is 2.53 bits per heavy atom. The van der Waals surface area contributed by atoms with Crippen LogP contribution in [0.3, 0.4) is 0 Å². The van der Waals surface area contributed by atoms with Crippen LogP contribution in [0, 0.1) is 13.8 Å². The fourth-order valence-corrected chi connectivity index (χ4v) is 3.34. The molecule has 100 valence electrons. The maximum Gasteiger partial charge on any atom is 0.337 e. The normalized spacial score (nSPS) is 10.3. The van der Waals surface area contributed by atoms with Gasteiger partial charge in [-0.25, -0.2) is 9.78 Å². The summed E-state index contributed by atoms with van der Waals surface area (Å²) in [5.74, 6) is -0.326. The van der Waals surface area contributed by atoms with Crippen LogP contribution in [0.25, 0.3) is 0 Å². The third-order valence-corrected chi connectivity index (χ3v) is 4.61. The Morgan fingerprint density at radius 1 is 1.32 bits per heavy atom. The first kappa shape index (κ1) is 13.9. The Bertz CT molecular complexity index is 579. The highest BCUT2D eigenvalue weighted by Crippen LogP contribution is 2.29. The van der Waals surface area contributed by atoms with E-state index in [0.717, 1.165) is 20.6 Å². The number of ether oxygens (including phenoxy) is 1. The number of benzene rings is 1. The van der Waals surface area contributed by atoms with Gasteiger partial charge in [0.05, 0.1) is 23.4 Å². The summed E-state index contributed by atoms with van der Waals surface area (Å²) in [5.41, 5.74) is 2.51. The minimum Gasteiger partial charge on any atom is -0.465 e. The zero-order valence-electron chi connectivity index (χ0n) is 10.9. The number of rotatable bonds is 4. The molecule has 0 aliphatic rings. The number of nitrogens with zero attached hydrogens (tertiary/aromatic N) is 1. The van der Waals surface area contributed by atoms with Crippen molar-refractivity contribution in [2.24, 2.45) is 0 Å². The molecule has 19 heavy (non-hydrogen) atoms. The monoisotopic (exact) mass is 294 g/mol. The fraction of sp³-hybridized carbons (Fsp3) is 0.231. The first-order valence-electron chi connectivity index (χ1n) is 5.65. The molecule has 2 rings (SSSR count). The van der Waals surface area contributed by atoms with Gasteiger partial charge in [0.2, 0.25) is 0 Å². The number of hydrogen-bond acceptors (Lipinski definition) is 6. The zero-order chi connectivity index (χ0) is 13.8. The summed E-state index contributed by atoms with van der Waals surface area (Å²) in [5, 5.41) is 1.06. The standard InChI is InChI=1S/C13H14N2O2S2/c1-8-13(18-9(2)14-8)19-15-11-6-4-10(5-7-11)12(16)17-3/h4-7,15H,1-3H3. The lowest BCUT2D eigenvalue weighted by Gasteiger charge is -2.05. The summed E-state index contributed by atoms with van der Waals surface area (Å²) in [4.78, 5) is 15.7. The molecule has 0 fully saturated rings. The van der Waals surface area contributed by atoms with Crippen LogP contribution in [0.15, 0.2) is 28.5 Å². The molecule has 0 amide bonds. The van der Waals surface area contributed by atoms with E-state index >= 15 is 0 Å². The lowest BCUT2D eigenvalue weighted by molar-refractivity contribution is 0.0601. The van der Waals surface area contributed by atoms with Gasteiger partial charge < -0.3 is 9.46 Å². The largest absolute Gasteiger partial charge is 0.465 e. The number of carbonyl (C=O) groups excluding carboxylic acids is 1. The molecule has 1 aromatic carbocycles. The highest BCUT2D eigenvalue weighted by molar-refractivity contribution is 8.02. The van der Waals surface area contributed by atoms with Crippen molar-refractivity contribution in [1.29, 1.82) is 0 Å². The summed E-state index contributed by atoms with van der Waals surface area (Å²) in [6, 6.07) is 7.17. The highest BCUT2D eigenvalue weighted by Gasteiger charge is 2.07. The molecule has 0 saturated carbocycles. The quantitative estimate of drug-likeness (QED) is 0.689. The molecule has 0 atom stereocenters.